The van der Waals surface area contributed by atoms with Crippen LogP contribution in [0, 0.1) is 5.41 Å². The van der Waals surface area contributed by atoms with Gasteiger partial charge in [0.1, 0.15) is 23.7 Å². The summed E-state index contributed by atoms with van der Waals surface area (Å²) in [5, 5.41) is 7.48. The van der Waals surface area contributed by atoms with Crippen molar-refractivity contribution in [3.63, 3.8) is 0 Å². The normalized spacial score (nSPS) is 16.5. The van der Waals surface area contributed by atoms with Gasteiger partial charge in [0.25, 0.3) is 0 Å². The van der Waals surface area contributed by atoms with Gasteiger partial charge in [0, 0.05) is 23.8 Å². The molecule has 0 amide bonds. The monoisotopic (exact) mass is 498 g/mol. The van der Waals surface area contributed by atoms with E-state index >= 15 is 0 Å². The minimum Gasteiger partial charge on any atom is -0.479 e. The third-order valence-electron chi connectivity index (χ3n) is 6.56. The van der Waals surface area contributed by atoms with Crippen molar-refractivity contribution < 1.29 is 9.30 Å². The number of ether oxygens (including phenoxy) is 1. The van der Waals surface area contributed by atoms with Gasteiger partial charge in [-0.25, -0.2) is 4.98 Å². The van der Waals surface area contributed by atoms with Crippen LogP contribution in [-0.2, 0) is 4.57 Å². The standard InChI is InChI=1S/C24H28ClN6O2P/c1-33-22-18(9-10-20(29-22)31-14-24(15-31)11-6-12-24)28-23-26-13-16(25)21(30-23)27-17-7-4-5-8-19(17)34(2,3)32/h4-5,7-10,13H,6,11-12,14-15H2,1-3H3,(H2,26,27,28,30). The van der Waals surface area contributed by atoms with Gasteiger partial charge in [-0.15, -0.1) is 0 Å². The topological polar surface area (TPSA) is 92.3 Å². The van der Waals surface area contributed by atoms with Crippen LogP contribution in [-0.4, -0.2) is 48.5 Å². The number of para-hydroxylation sites is 1. The number of hydrogen-bond acceptors (Lipinski definition) is 8. The Morgan fingerprint density at radius 1 is 1.06 bits per heavy atom. The second-order valence-corrected chi connectivity index (χ2v) is 13.0. The van der Waals surface area contributed by atoms with Crippen LogP contribution in [0.25, 0.3) is 0 Å². The average Bonchev–Trinajstić information content (AvgIpc) is 2.74. The summed E-state index contributed by atoms with van der Waals surface area (Å²) in [5.41, 5.74) is 1.88. The van der Waals surface area contributed by atoms with Crippen LogP contribution in [0.1, 0.15) is 19.3 Å². The molecule has 2 aliphatic rings. The zero-order valence-corrected chi connectivity index (χ0v) is 21.2. The number of aromatic nitrogens is 3. The maximum atomic E-state index is 12.7. The Morgan fingerprint density at radius 2 is 1.82 bits per heavy atom. The Labute approximate surface area is 204 Å². The molecule has 10 heteroatoms. The summed E-state index contributed by atoms with van der Waals surface area (Å²) < 4.78 is 18.2. The molecule has 1 aromatic carbocycles. The predicted molar refractivity (Wildman–Crippen MR) is 138 cm³/mol. The van der Waals surface area contributed by atoms with Crippen LogP contribution in [0.2, 0.25) is 5.02 Å². The molecule has 1 saturated carbocycles. The molecule has 3 aromatic rings. The number of nitrogens with zero attached hydrogens (tertiary/aromatic N) is 4. The van der Waals surface area contributed by atoms with Crippen LogP contribution in [0.3, 0.4) is 0 Å². The van der Waals surface area contributed by atoms with E-state index in [-0.39, 0.29) is 0 Å². The van der Waals surface area contributed by atoms with Crippen molar-refractivity contribution in [2.45, 2.75) is 19.3 Å². The quantitative estimate of drug-likeness (QED) is 0.426. The van der Waals surface area contributed by atoms with E-state index in [0.29, 0.717) is 39.5 Å². The number of halogens is 1. The molecule has 1 aliphatic carbocycles. The van der Waals surface area contributed by atoms with Crippen molar-refractivity contribution in [2.24, 2.45) is 5.41 Å². The molecule has 0 atom stereocenters. The Morgan fingerprint density at radius 3 is 2.50 bits per heavy atom. The van der Waals surface area contributed by atoms with Gasteiger partial charge in [-0.2, -0.15) is 9.97 Å². The van der Waals surface area contributed by atoms with Crippen molar-refractivity contribution in [1.29, 1.82) is 0 Å². The van der Waals surface area contributed by atoms with E-state index in [1.165, 1.54) is 25.5 Å². The molecule has 1 aliphatic heterocycles. The summed E-state index contributed by atoms with van der Waals surface area (Å²) in [6.07, 6.45) is 5.51. The number of hydrogen-bond donors (Lipinski definition) is 2. The number of pyridine rings is 1. The SMILES string of the molecule is COc1nc(N2CC3(CCC3)C2)ccc1Nc1ncc(Cl)c(Nc2ccccc2P(C)(C)=O)n1. The summed E-state index contributed by atoms with van der Waals surface area (Å²) in [4.78, 5) is 15.8. The molecular formula is C24H28ClN6O2P. The van der Waals surface area contributed by atoms with Gasteiger partial charge in [0.05, 0.1) is 19.0 Å². The van der Waals surface area contributed by atoms with Crippen LogP contribution >= 0.6 is 18.7 Å². The van der Waals surface area contributed by atoms with Crippen LogP contribution < -0.4 is 25.6 Å². The zero-order valence-electron chi connectivity index (χ0n) is 19.5. The molecule has 5 rings (SSSR count). The maximum absolute atomic E-state index is 12.7. The molecule has 1 spiro atoms. The number of methoxy groups -OCH3 is 1. The smallest absolute Gasteiger partial charge is 0.239 e. The summed E-state index contributed by atoms with van der Waals surface area (Å²) in [5.74, 6) is 2.14. The third-order valence-corrected chi connectivity index (χ3v) is 8.38. The van der Waals surface area contributed by atoms with Crippen molar-refractivity contribution in [1.82, 2.24) is 15.0 Å². The van der Waals surface area contributed by atoms with Crippen LogP contribution in [0.15, 0.2) is 42.6 Å². The Kier molecular flexibility index (Phi) is 5.90. The van der Waals surface area contributed by atoms with Crippen molar-refractivity contribution in [3.05, 3.63) is 47.6 Å². The Hall–Kier alpha value is -2.83. The molecule has 34 heavy (non-hydrogen) atoms. The van der Waals surface area contributed by atoms with Crippen LogP contribution in [0.5, 0.6) is 5.88 Å². The van der Waals surface area contributed by atoms with E-state index in [9.17, 15) is 4.57 Å². The highest BCUT2D eigenvalue weighted by Gasteiger charge is 2.47. The van der Waals surface area contributed by atoms with E-state index in [1.807, 2.05) is 36.4 Å². The average molecular weight is 499 g/mol. The highest BCUT2D eigenvalue weighted by Crippen LogP contribution is 2.49. The fraction of sp³-hybridized carbons (Fsp3) is 0.375. The maximum Gasteiger partial charge on any atom is 0.239 e. The van der Waals surface area contributed by atoms with Crippen molar-refractivity contribution >= 4 is 53.0 Å². The van der Waals surface area contributed by atoms with E-state index in [2.05, 4.69) is 25.5 Å². The molecule has 2 fully saturated rings. The summed E-state index contributed by atoms with van der Waals surface area (Å²) in [7, 11) is -0.898. The highest BCUT2D eigenvalue weighted by atomic mass is 35.5. The highest BCUT2D eigenvalue weighted by molar-refractivity contribution is 7.70. The first-order valence-electron chi connectivity index (χ1n) is 11.3. The summed E-state index contributed by atoms with van der Waals surface area (Å²) in [6, 6.07) is 11.4. The summed E-state index contributed by atoms with van der Waals surface area (Å²) in [6.45, 7) is 5.60. The minimum atomic E-state index is -2.50. The third kappa shape index (κ3) is 4.44. The number of anilines is 5. The van der Waals surface area contributed by atoms with E-state index in [4.69, 9.17) is 21.3 Å². The Balaban J connectivity index is 1.36. The molecule has 0 bridgehead atoms. The van der Waals surface area contributed by atoms with Crippen molar-refractivity contribution in [2.75, 3.05) is 49.1 Å². The summed E-state index contributed by atoms with van der Waals surface area (Å²) >= 11 is 6.37. The van der Waals surface area contributed by atoms with Gasteiger partial charge in [0.2, 0.25) is 11.8 Å². The largest absolute Gasteiger partial charge is 0.479 e. The van der Waals surface area contributed by atoms with Gasteiger partial charge in [-0.3, -0.25) is 0 Å². The van der Waals surface area contributed by atoms with Gasteiger partial charge in [-0.1, -0.05) is 30.2 Å². The molecule has 0 radical (unpaired) electrons. The number of rotatable bonds is 7. The molecule has 8 nitrogen and oxygen atoms in total. The second kappa shape index (κ2) is 8.75. The van der Waals surface area contributed by atoms with Gasteiger partial charge < -0.3 is 24.8 Å². The minimum absolute atomic E-state index is 0.339. The molecule has 0 unspecified atom stereocenters. The lowest BCUT2D eigenvalue weighted by Crippen LogP contribution is -2.60. The molecular weight excluding hydrogens is 471 g/mol. The van der Waals surface area contributed by atoms with Crippen LogP contribution in [0.4, 0.5) is 29.0 Å². The first-order chi connectivity index (χ1) is 16.3. The fourth-order valence-corrected chi connectivity index (χ4v) is 5.88. The second-order valence-electron chi connectivity index (χ2n) is 9.44. The van der Waals surface area contributed by atoms with Gasteiger partial charge in [-0.05, 0) is 50.4 Å². The lowest BCUT2D eigenvalue weighted by Gasteiger charge is -2.56. The molecule has 178 valence electrons. The van der Waals surface area contributed by atoms with Gasteiger partial charge >= 0.3 is 0 Å². The van der Waals surface area contributed by atoms with Crippen molar-refractivity contribution in [3.8, 4) is 5.88 Å². The zero-order chi connectivity index (χ0) is 23.9. The molecule has 2 aromatic heterocycles. The predicted octanol–water partition coefficient (Wildman–Crippen LogP) is 5.26. The molecule has 2 N–H and O–H groups in total. The number of benzene rings is 1. The first kappa shape index (κ1) is 22.9. The molecule has 3 heterocycles. The Bertz CT molecular complexity index is 1270. The lowest BCUT2D eigenvalue weighted by atomic mass is 9.63. The first-order valence-corrected chi connectivity index (χ1v) is 14.3. The lowest BCUT2D eigenvalue weighted by molar-refractivity contribution is 0.0895. The van der Waals surface area contributed by atoms with E-state index < -0.39 is 7.14 Å². The van der Waals surface area contributed by atoms with E-state index in [1.54, 1.807) is 20.4 Å². The van der Waals surface area contributed by atoms with Gasteiger partial charge in [0.15, 0.2) is 5.82 Å². The number of nitrogens with one attached hydrogen (secondary N) is 2. The molecule has 1 saturated heterocycles. The van der Waals surface area contributed by atoms with E-state index in [0.717, 1.165) is 24.2 Å². The fourth-order valence-electron chi connectivity index (χ4n) is 4.59.